The van der Waals surface area contributed by atoms with E-state index in [2.05, 4.69) is 131 Å². The van der Waals surface area contributed by atoms with Crippen LogP contribution in [0.3, 0.4) is 0 Å². The fourth-order valence-electron chi connectivity index (χ4n) is 7.13. The molecule has 0 atom stereocenters. The zero-order valence-electron chi connectivity index (χ0n) is 22.0. The van der Waals surface area contributed by atoms with Crippen molar-refractivity contribution in [2.45, 2.75) is 6.92 Å². The number of hydrogen-bond acceptors (Lipinski definition) is 2. The predicted octanol–water partition coefficient (Wildman–Crippen LogP) is 6.71. The number of nitrogens with one attached hydrogen (secondary N) is 1. The van der Waals surface area contributed by atoms with Crippen molar-refractivity contribution in [1.82, 2.24) is 9.55 Å². The Morgan fingerprint density at radius 1 is 0.675 bits per heavy atom. The highest BCUT2D eigenvalue weighted by Crippen LogP contribution is 2.40. The van der Waals surface area contributed by atoms with E-state index in [1.54, 1.807) is 0 Å². The number of aryl methyl sites for hydroxylation is 1. The summed E-state index contributed by atoms with van der Waals surface area (Å²) in [5.41, 5.74) is 16.4. The van der Waals surface area contributed by atoms with Crippen molar-refractivity contribution in [1.29, 1.82) is 0 Å². The fourth-order valence-corrected chi connectivity index (χ4v) is 7.13. The first-order chi connectivity index (χ1) is 19.8. The van der Waals surface area contributed by atoms with Gasteiger partial charge in [-0.3, -0.25) is 4.98 Å². The quantitative estimate of drug-likeness (QED) is 0.263. The largest absolute Gasteiger partial charge is 0.356 e. The maximum Gasteiger partial charge on any atom is 0.252 e. The van der Waals surface area contributed by atoms with Gasteiger partial charge in [-0.2, -0.15) is 0 Å². The molecule has 186 valence electrons. The topological polar surface area (TPSA) is 29.9 Å². The van der Waals surface area contributed by atoms with Gasteiger partial charge in [0.25, 0.3) is 6.71 Å². The van der Waals surface area contributed by atoms with E-state index >= 15 is 0 Å². The molecule has 7 aromatic rings. The van der Waals surface area contributed by atoms with E-state index < -0.39 is 0 Å². The first-order valence-electron chi connectivity index (χ1n) is 13.8. The van der Waals surface area contributed by atoms with Gasteiger partial charge in [0.15, 0.2) is 0 Å². The Hall–Kier alpha value is -5.09. The highest BCUT2D eigenvalue weighted by Gasteiger charge is 2.40. The van der Waals surface area contributed by atoms with Crippen molar-refractivity contribution in [3.63, 3.8) is 0 Å². The van der Waals surface area contributed by atoms with Crippen molar-refractivity contribution >= 4 is 56.3 Å². The number of fused-ring (bicyclic) bond motifs is 7. The maximum atomic E-state index is 4.28. The minimum absolute atomic E-state index is 0.136. The van der Waals surface area contributed by atoms with E-state index in [1.165, 1.54) is 77.5 Å². The van der Waals surface area contributed by atoms with Crippen LogP contribution in [0.1, 0.15) is 5.56 Å². The molecule has 0 aliphatic carbocycles. The number of nitrogens with zero attached hydrogens (tertiary/aromatic N) is 2. The molecule has 0 saturated carbocycles. The summed E-state index contributed by atoms with van der Waals surface area (Å²) < 4.78 is 2.50. The van der Waals surface area contributed by atoms with Crippen molar-refractivity contribution in [2.75, 3.05) is 5.32 Å². The Bertz CT molecular complexity index is 2160. The predicted molar refractivity (Wildman–Crippen MR) is 169 cm³/mol. The number of anilines is 2. The molecular formula is C36H24BN3. The zero-order chi connectivity index (χ0) is 26.4. The van der Waals surface area contributed by atoms with Crippen molar-refractivity contribution in [3.8, 4) is 27.9 Å². The van der Waals surface area contributed by atoms with Crippen molar-refractivity contribution < 1.29 is 0 Å². The maximum absolute atomic E-state index is 4.28. The monoisotopic (exact) mass is 509 g/mol. The van der Waals surface area contributed by atoms with Gasteiger partial charge >= 0.3 is 0 Å². The molecule has 4 heteroatoms. The Morgan fingerprint density at radius 3 is 2.33 bits per heavy atom. The van der Waals surface area contributed by atoms with Gasteiger partial charge in [0.05, 0.1) is 5.52 Å². The number of benzene rings is 5. The fraction of sp³-hybridized carbons (Fsp3) is 0.0278. The molecule has 0 bridgehead atoms. The number of rotatable bonds is 2. The van der Waals surface area contributed by atoms with Gasteiger partial charge in [0.1, 0.15) is 0 Å². The molecule has 5 aromatic carbocycles. The van der Waals surface area contributed by atoms with Gasteiger partial charge in [-0.25, -0.2) is 0 Å². The Kier molecular flexibility index (Phi) is 4.34. The number of hydrogen-bond donors (Lipinski definition) is 1. The molecule has 0 radical (unpaired) electrons. The lowest BCUT2D eigenvalue weighted by atomic mass is 9.34. The van der Waals surface area contributed by atoms with Crippen LogP contribution in [0.2, 0.25) is 0 Å². The molecule has 2 aliphatic heterocycles. The lowest BCUT2D eigenvalue weighted by molar-refractivity contribution is 1.19. The molecule has 2 aliphatic rings. The standard InChI is InChI=1S/C36H24BN3/c1-22-8-2-3-9-25(22)27-11-6-13-29-35(27)39-31-20-24(23-16-18-38-19-17-23)21-33-34(31)37(29)30-14-7-12-28-26-10-4-5-15-32(26)40(33)36(28)30/h2-21,39H,1H3. The molecule has 2 aromatic heterocycles. The molecule has 0 saturated heterocycles. The highest BCUT2D eigenvalue weighted by atomic mass is 15.0. The van der Waals surface area contributed by atoms with Gasteiger partial charge < -0.3 is 9.88 Å². The Morgan fingerprint density at radius 2 is 1.43 bits per heavy atom. The molecule has 0 fully saturated rings. The van der Waals surface area contributed by atoms with Gasteiger partial charge in [-0.1, -0.05) is 78.9 Å². The third kappa shape index (κ3) is 2.83. The summed E-state index contributed by atoms with van der Waals surface area (Å²) in [4.78, 5) is 4.28. The summed E-state index contributed by atoms with van der Waals surface area (Å²) in [6.07, 6.45) is 3.75. The van der Waals surface area contributed by atoms with Crippen LogP contribution in [0.4, 0.5) is 11.4 Å². The molecule has 9 rings (SSSR count). The molecular weight excluding hydrogens is 485 g/mol. The first kappa shape index (κ1) is 21.8. The summed E-state index contributed by atoms with van der Waals surface area (Å²) in [6, 6.07) is 40.0. The SMILES string of the molecule is Cc1ccccc1-c1cccc2c1Nc1cc(-c3ccncc3)cc3c1B2c1cccc2c4ccccc4n-3c12. The summed E-state index contributed by atoms with van der Waals surface area (Å²) in [5, 5.41) is 6.56. The number of para-hydroxylation sites is 3. The third-order valence-electron chi connectivity index (χ3n) is 8.84. The van der Waals surface area contributed by atoms with E-state index in [0.29, 0.717) is 0 Å². The minimum atomic E-state index is 0.136. The smallest absolute Gasteiger partial charge is 0.252 e. The minimum Gasteiger partial charge on any atom is -0.356 e. The first-order valence-corrected chi connectivity index (χ1v) is 13.8. The molecule has 0 unspecified atom stereocenters. The molecule has 40 heavy (non-hydrogen) atoms. The van der Waals surface area contributed by atoms with Gasteiger partial charge in [0, 0.05) is 51.3 Å². The van der Waals surface area contributed by atoms with Crippen LogP contribution in [-0.4, -0.2) is 16.3 Å². The molecule has 3 nitrogen and oxygen atoms in total. The van der Waals surface area contributed by atoms with E-state index in [-0.39, 0.29) is 6.71 Å². The second-order valence-electron chi connectivity index (χ2n) is 10.9. The summed E-state index contributed by atoms with van der Waals surface area (Å²) >= 11 is 0. The van der Waals surface area contributed by atoms with Crippen LogP contribution in [0.25, 0.3) is 49.7 Å². The number of pyridine rings is 1. The van der Waals surface area contributed by atoms with Crippen LogP contribution in [0.5, 0.6) is 0 Å². The lowest BCUT2D eigenvalue weighted by Crippen LogP contribution is -2.59. The molecule has 0 amide bonds. The summed E-state index contributed by atoms with van der Waals surface area (Å²) in [6.45, 7) is 2.34. The summed E-state index contributed by atoms with van der Waals surface area (Å²) in [7, 11) is 0. The Labute approximate surface area is 232 Å². The van der Waals surface area contributed by atoms with E-state index in [9.17, 15) is 0 Å². The second-order valence-corrected chi connectivity index (χ2v) is 10.9. The van der Waals surface area contributed by atoms with Gasteiger partial charge in [-0.15, -0.1) is 0 Å². The van der Waals surface area contributed by atoms with Crippen molar-refractivity contribution in [2.24, 2.45) is 0 Å². The highest BCUT2D eigenvalue weighted by molar-refractivity contribution is 7.00. The lowest BCUT2D eigenvalue weighted by Gasteiger charge is -2.35. The number of aromatic nitrogens is 2. The average Bonchev–Trinajstić information content (AvgIpc) is 3.35. The molecule has 1 N–H and O–H groups in total. The van der Waals surface area contributed by atoms with E-state index in [4.69, 9.17) is 0 Å². The Balaban J connectivity index is 1.44. The van der Waals surface area contributed by atoms with Crippen LogP contribution < -0.4 is 21.7 Å². The third-order valence-corrected chi connectivity index (χ3v) is 8.84. The van der Waals surface area contributed by atoms with Crippen LogP contribution >= 0.6 is 0 Å². The van der Waals surface area contributed by atoms with Crippen molar-refractivity contribution in [3.05, 3.63) is 127 Å². The average molecular weight is 509 g/mol. The van der Waals surface area contributed by atoms with E-state index in [0.717, 1.165) is 5.56 Å². The van der Waals surface area contributed by atoms with Crippen LogP contribution in [0.15, 0.2) is 122 Å². The van der Waals surface area contributed by atoms with Crippen LogP contribution in [0, 0.1) is 6.92 Å². The zero-order valence-corrected chi connectivity index (χ0v) is 22.0. The van der Waals surface area contributed by atoms with Crippen LogP contribution in [-0.2, 0) is 0 Å². The van der Waals surface area contributed by atoms with Gasteiger partial charge in [0.2, 0.25) is 0 Å². The molecule has 4 heterocycles. The second kappa shape index (κ2) is 7.97. The normalized spacial score (nSPS) is 12.8. The van der Waals surface area contributed by atoms with Gasteiger partial charge in [-0.05, 0) is 75.9 Å². The van der Waals surface area contributed by atoms with E-state index in [1.807, 2.05) is 12.4 Å². The summed E-state index contributed by atoms with van der Waals surface area (Å²) in [5.74, 6) is 0. The molecule has 0 spiro atoms.